The van der Waals surface area contributed by atoms with E-state index in [9.17, 15) is 44.1 Å². The number of amides is 5. The molecule has 0 saturated heterocycles. The summed E-state index contributed by atoms with van der Waals surface area (Å²) in [4.78, 5) is 72.2. The molecule has 0 spiro atoms. The van der Waals surface area contributed by atoms with Gasteiger partial charge >= 0.3 is 5.97 Å². The number of benzene rings is 1. The quantitative estimate of drug-likeness (QED) is 0.108. The molecule has 37 heavy (non-hydrogen) atoms. The summed E-state index contributed by atoms with van der Waals surface area (Å²) in [6.45, 7) is 1.27. The number of nitrogens with one attached hydrogen (secondary N) is 3. The Labute approximate surface area is 211 Å². The molecule has 12 N–H and O–H groups in total. The first kappa shape index (κ1) is 30.8. The summed E-state index contributed by atoms with van der Waals surface area (Å²) >= 11 is 0. The van der Waals surface area contributed by atoms with Crippen LogP contribution >= 0.6 is 0 Å². The van der Waals surface area contributed by atoms with Crippen LogP contribution in [0.1, 0.15) is 31.7 Å². The third-order valence-electron chi connectivity index (χ3n) is 5.16. The van der Waals surface area contributed by atoms with Gasteiger partial charge in [-0.1, -0.05) is 12.1 Å². The Morgan fingerprint density at radius 3 is 1.84 bits per heavy atom. The van der Waals surface area contributed by atoms with E-state index in [0.29, 0.717) is 5.56 Å². The number of carboxylic acid groups (broad SMARTS) is 1. The zero-order valence-corrected chi connectivity index (χ0v) is 20.0. The van der Waals surface area contributed by atoms with Gasteiger partial charge < -0.3 is 48.5 Å². The highest BCUT2D eigenvalue weighted by atomic mass is 16.4. The monoisotopic (exact) mass is 524 g/mol. The van der Waals surface area contributed by atoms with E-state index in [-0.39, 0.29) is 25.0 Å². The highest BCUT2D eigenvalue weighted by Gasteiger charge is 2.32. The van der Waals surface area contributed by atoms with Crippen LogP contribution < -0.4 is 33.2 Å². The largest absolute Gasteiger partial charge is 0.508 e. The zero-order valence-electron chi connectivity index (χ0n) is 20.0. The molecular formula is C22H32N6O9. The van der Waals surface area contributed by atoms with Gasteiger partial charge in [0.1, 0.15) is 29.9 Å². The van der Waals surface area contributed by atoms with Gasteiger partial charge in [0.05, 0.1) is 12.5 Å². The van der Waals surface area contributed by atoms with Gasteiger partial charge in [-0.25, -0.2) is 4.79 Å². The van der Waals surface area contributed by atoms with Crippen LogP contribution in [0, 0.1) is 0 Å². The second-order valence-electron chi connectivity index (χ2n) is 8.33. The van der Waals surface area contributed by atoms with E-state index in [1.54, 1.807) is 0 Å². The fraction of sp³-hybridized carbons (Fsp3) is 0.455. The first-order valence-electron chi connectivity index (χ1n) is 11.1. The summed E-state index contributed by atoms with van der Waals surface area (Å²) in [6, 6.07) is -0.310. The molecule has 0 heterocycles. The second kappa shape index (κ2) is 14.4. The molecule has 5 unspecified atom stereocenters. The Morgan fingerprint density at radius 1 is 0.838 bits per heavy atom. The van der Waals surface area contributed by atoms with Crippen LogP contribution in [0.5, 0.6) is 5.75 Å². The van der Waals surface area contributed by atoms with E-state index >= 15 is 0 Å². The van der Waals surface area contributed by atoms with Gasteiger partial charge in [0, 0.05) is 12.8 Å². The number of carbonyl (C=O) groups is 6. The average Bonchev–Trinajstić information content (AvgIpc) is 2.80. The molecule has 1 aromatic carbocycles. The molecular weight excluding hydrogens is 492 g/mol. The number of phenols is 1. The topological polar surface area (TPSA) is 277 Å². The molecule has 0 aliphatic heterocycles. The van der Waals surface area contributed by atoms with Crippen LogP contribution in [0.15, 0.2) is 24.3 Å². The Hall–Kier alpha value is -4.24. The number of primary amides is 2. The number of aromatic hydroxyl groups is 1. The lowest BCUT2D eigenvalue weighted by molar-refractivity contribution is -0.142. The number of rotatable bonds is 15. The Kier molecular flexibility index (Phi) is 11.9. The molecule has 5 atom stereocenters. The summed E-state index contributed by atoms with van der Waals surface area (Å²) in [5.41, 5.74) is 16.3. The Balaban J connectivity index is 3.14. The second-order valence-corrected chi connectivity index (χ2v) is 8.33. The van der Waals surface area contributed by atoms with Crippen molar-refractivity contribution >= 4 is 35.5 Å². The van der Waals surface area contributed by atoms with Gasteiger partial charge in [0.2, 0.25) is 29.5 Å². The number of aliphatic carboxylic acids is 1. The number of carboxylic acids is 1. The minimum atomic E-state index is -1.63. The molecule has 0 fully saturated rings. The van der Waals surface area contributed by atoms with Gasteiger partial charge in [0.15, 0.2) is 0 Å². The molecule has 0 bridgehead atoms. The van der Waals surface area contributed by atoms with Crippen LogP contribution in [-0.4, -0.2) is 81.1 Å². The Morgan fingerprint density at radius 2 is 1.35 bits per heavy atom. The summed E-state index contributed by atoms with van der Waals surface area (Å²) in [7, 11) is 0. The van der Waals surface area contributed by atoms with Crippen LogP contribution in [0.2, 0.25) is 0 Å². The number of hydrogen-bond donors (Lipinski definition) is 9. The smallest absolute Gasteiger partial charge is 0.326 e. The maximum Gasteiger partial charge on any atom is 0.326 e. The minimum Gasteiger partial charge on any atom is -0.508 e. The van der Waals surface area contributed by atoms with E-state index in [1.165, 1.54) is 31.2 Å². The highest BCUT2D eigenvalue weighted by molar-refractivity contribution is 5.96. The maximum atomic E-state index is 13.1. The van der Waals surface area contributed by atoms with Crippen molar-refractivity contribution in [2.24, 2.45) is 17.2 Å². The summed E-state index contributed by atoms with van der Waals surface area (Å²) < 4.78 is 0. The SMILES string of the molecule is CC(O)C(N)C(=O)NC(Cc1ccc(O)cc1)C(=O)NC(CC(N)=O)C(=O)NC(CCC(N)=O)C(=O)O. The van der Waals surface area contributed by atoms with Crippen molar-refractivity contribution in [3.8, 4) is 5.75 Å². The Bertz CT molecular complexity index is 999. The molecule has 0 aliphatic carbocycles. The van der Waals surface area contributed by atoms with E-state index in [2.05, 4.69) is 16.0 Å². The summed E-state index contributed by atoms with van der Waals surface area (Å²) in [5.74, 6) is -6.26. The molecule has 0 saturated carbocycles. The third-order valence-corrected chi connectivity index (χ3v) is 5.16. The number of aliphatic hydroxyl groups excluding tert-OH is 1. The predicted molar refractivity (Wildman–Crippen MR) is 127 cm³/mol. The number of nitrogens with two attached hydrogens (primary N) is 3. The molecule has 204 valence electrons. The van der Waals surface area contributed by atoms with Crippen molar-refractivity contribution in [2.45, 2.75) is 62.9 Å². The number of carbonyl (C=O) groups excluding carboxylic acids is 5. The van der Waals surface area contributed by atoms with Crippen molar-refractivity contribution in [1.29, 1.82) is 0 Å². The van der Waals surface area contributed by atoms with Crippen molar-refractivity contribution in [3.63, 3.8) is 0 Å². The lowest BCUT2D eigenvalue weighted by Crippen LogP contribution is -2.59. The molecule has 0 aliphatic rings. The lowest BCUT2D eigenvalue weighted by atomic mass is 10.0. The van der Waals surface area contributed by atoms with Gasteiger partial charge in [-0.2, -0.15) is 0 Å². The van der Waals surface area contributed by atoms with Crippen LogP contribution in [0.3, 0.4) is 0 Å². The van der Waals surface area contributed by atoms with Gasteiger partial charge in [-0.3, -0.25) is 24.0 Å². The van der Waals surface area contributed by atoms with Crippen molar-refractivity contribution in [3.05, 3.63) is 29.8 Å². The standard InChI is InChI=1S/C22H32N6O9/c1-10(29)18(25)21(35)28-14(8-11-2-4-12(30)5-3-11)19(33)27-15(9-17(24)32)20(34)26-13(22(36)37)6-7-16(23)31/h2-5,10,13-15,18,29-30H,6-9,25H2,1H3,(H2,23,31)(H2,24,32)(H,26,34)(H,27,33)(H,28,35)(H,36,37). The normalized spacial score (nSPS) is 14.8. The number of hydrogen-bond acceptors (Lipinski definition) is 9. The fourth-order valence-corrected chi connectivity index (χ4v) is 3.06. The lowest BCUT2D eigenvalue weighted by Gasteiger charge is -2.25. The van der Waals surface area contributed by atoms with Crippen molar-refractivity contribution in [2.75, 3.05) is 0 Å². The minimum absolute atomic E-state index is 0.0487. The van der Waals surface area contributed by atoms with E-state index < -0.39 is 72.2 Å². The van der Waals surface area contributed by atoms with Crippen LogP contribution in [0.25, 0.3) is 0 Å². The van der Waals surface area contributed by atoms with E-state index in [4.69, 9.17) is 17.2 Å². The maximum absolute atomic E-state index is 13.1. The molecule has 1 rings (SSSR count). The van der Waals surface area contributed by atoms with E-state index in [0.717, 1.165) is 0 Å². The number of aliphatic hydroxyl groups is 1. The van der Waals surface area contributed by atoms with Gasteiger partial charge in [-0.05, 0) is 31.0 Å². The average molecular weight is 525 g/mol. The molecule has 5 amide bonds. The van der Waals surface area contributed by atoms with Gasteiger partial charge in [0.25, 0.3) is 0 Å². The van der Waals surface area contributed by atoms with Crippen LogP contribution in [-0.2, 0) is 35.2 Å². The molecule has 1 aromatic rings. The molecule has 15 heteroatoms. The predicted octanol–water partition coefficient (Wildman–Crippen LogP) is -3.68. The first-order valence-corrected chi connectivity index (χ1v) is 11.1. The molecule has 15 nitrogen and oxygen atoms in total. The molecule has 0 aromatic heterocycles. The molecule has 0 radical (unpaired) electrons. The third kappa shape index (κ3) is 10.9. The first-order chi connectivity index (χ1) is 17.2. The summed E-state index contributed by atoms with van der Waals surface area (Å²) in [5, 5.41) is 35.1. The fourth-order valence-electron chi connectivity index (χ4n) is 3.06. The summed E-state index contributed by atoms with van der Waals surface area (Å²) in [6.07, 6.45) is -2.81. The highest BCUT2D eigenvalue weighted by Crippen LogP contribution is 2.12. The van der Waals surface area contributed by atoms with E-state index in [1.807, 2.05) is 0 Å². The number of phenolic OH excluding ortho intramolecular Hbond substituents is 1. The van der Waals surface area contributed by atoms with Crippen molar-refractivity contribution in [1.82, 2.24) is 16.0 Å². The van der Waals surface area contributed by atoms with Crippen molar-refractivity contribution < 1.29 is 44.1 Å². The van der Waals surface area contributed by atoms with Crippen LogP contribution in [0.4, 0.5) is 0 Å². The zero-order chi connectivity index (χ0) is 28.3. The van der Waals surface area contributed by atoms with Gasteiger partial charge in [-0.15, -0.1) is 0 Å².